The molecular weight excluding hydrogens is 431 g/mol. The molecule has 23 heavy (non-hydrogen) atoms. The van der Waals surface area contributed by atoms with E-state index in [9.17, 15) is 0 Å². The molecule has 126 valence electrons. The number of ether oxygens (including phenoxy) is 1. The Kier molecular flexibility index (Phi) is 8.78. The number of nitrogens with one attached hydrogen (secondary N) is 2. The first kappa shape index (κ1) is 19.6. The number of rotatable bonds is 6. The monoisotopic (exact) mass is 450 g/mol. The predicted octanol–water partition coefficient (Wildman–Crippen LogP) is 2.86. The van der Waals surface area contributed by atoms with E-state index in [1.54, 1.807) is 26.5 Å². The summed E-state index contributed by atoms with van der Waals surface area (Å²) >= 11 is 6.21. The lowest BCUT2D eigenvalue weighted by Crippen LogP contribution is -2.37. The van der Waals surface area contributed by atoms with Crippen LogP contribution in [-0.2, 0) is 13.0 Å². The first-order valence-electron chi connectivity index (χ1n) is 6.89. The molecule has 2 aromatic rings. The quantitative estimate of drug-likeness (QED) is 0.402. The van der Waals surface area contributed by atoms with Crippen molar-refractivity contribution in [1.82, 2.24) is 15.8 Å². The Morgan fingerprint density at radius 1 is 1.35 bits per heavy atom. The minimum Gasteiger partial charge on any atom is -0.497 e. The van der Waals surface area contributed by atoms with Crippen molar-refractivity contribution in [1.29, 1.82) is 0 Å². The van der Waals surface area contributed by atoms with Crippen LogP contribution in [0, 0.1) is 0 Å². The molecule has 0 bridgehead atoms. The summed E-state index contributed by atoms with van der Waals surface area (Å²) in [6, 6.07) is 7.49. The molecule has 8 heteroatoms. The topological polar surface area (TPSA) is 71.7 Å². The van der Waals surface area contributed by atoms with Gasteiger partial charge in [-0.3, -0.25) is 4.99 Å². The van der Waals surface area contributed by atoms with Gasteiger partial charge >= 0.3 is 0 Å². The smallest absolute Gasteiger partial charge is 0.191 e. The van der Waals surface area contributed by atoms with E-state index >= 15 is 0 Å². The summed E-state index contributed by atoms with van der Waals surface area (Å²) in [5.41, 5.74) is 1.88. The molecule has 1 aromatic carbocycles. The average Bonchev–Trinajstić information content (AvgIpc) is 3.05. The Bertz CT molecular complexity index is 620. The Balaban J connectivity index is 0.00000264. The fourth-order valence-corrected chi connectivity index (χ4v) is 2.16. The highest BCUT2D eigenvalue weighted by atomic mass is 127. The molecule has 2 rings (SSSR count). The van der Waals surface area contributed by atoms with Gasteiger partial charge in [0, 0.05) is 24.7 Å². The Labute approximate surface area is 157 Å². The molecule has 0 amide bonds. The fourth-order valence-electron chi connectivity index (χ4n) is 1.90. The lowest BCUT2D eigenvalue weighted by atomic mass is 10.1. The van der Waals surface area contributed by atoms with Gasteiger partial charge in [0.25, 0.3) is 0 Å². The molecule has 0 unspecified atom stereocenters. The summed E-state index contributed by atoms with van der Waals surface area (Å²) in [6.07, 6.45) is 2.33. The molecule has 6 nitrogen and oxygen atoms in total. The number of guanidine groups is 1. The van der Waals surface area contributed by atoms with Crippen molar-refractivity contribution in [2.24, 2.45) is 4.99 Å². The van der Waals surface area contributed by atoms with Gasteiger partial charge in [-0.05, 0) is 24.1 Å². The van der Waals surface area contributed by atoms with Gasteiger partial charge in [-0.2, -0.15) is 0 Å². The fraction of sp³-hybridized carbons (Fsp3) is 0.333. The third kappa shape index (κ3) is 6.26. The largest absolute Gasteiger partial charge is 0.497 e. The van der Waals surface area contributed by atoms with Gasteiger partial charge < -0.3 is 19.9 Å². The molecule has 0 spiro atoms. The summed E-state index contributed by atoms with van der Waals surface area (Å²) in [6.45, 7) is 1.27. The third-order valence-electron chi connectivity index (χ3n) is 3.10. The number of hydrogen-bond donors (Lipinski definition) is 2. The zero-order valence-electron chi connectivity index (χ0n) is 13.0. The van der Waals surface area contributed by atoms with Gasteiger partial charge in [0.2, 0.25) is 0 Å². The van der Waals surface area contributed by atoms with Gasteiger partial charge in [0.05, 0.1) is 13.7 Å². The summed E-state index contributed by atoms with van der Waals surface area (Å²) in [7, 11) is 3.34. The van der Waals surface area contributed by atoms with Crippen LogP contribution in [0.4, 0.5) is 0 Å². The molecule has 0 aliphatic carbocycles. The molecule has 0 radical (unpaired) electrons. The van der Waals surface area contributed by atoms with Crippen LogP contribution >= 0.6 is 35.6 Å². The van der Waals surface area contributed by atoms with Gasteiger partial charge in [-0.1, -0.05) is 22.8 Å². The summed E-state index contributed by atoms with van der Waals surface area (Å²) in [5.74, 6) is 1.46. The molecule has 1 heterocycles. The molecule has 0 atom stereocenters. The van der Waals surface area contributed by atoms with Crippen molar-refractivity contribution >= 4 is 41.5 Å². The van der Waals surface area contributed by atoms with Gasteiger partial charge in [0.1, 0.15) is 17.7 Å². The summed E-state index contributed by atoms with van der Waals surface area (Å²) < 4.78 is 9.91. The zero-order chi connectivity index (χ0) is 15.8. The molecular formula is C15H20ClIN4O2. The van der Waals surface area contributed by atoms with Crippen molar-refractivity contribution < 1.29 is 9.26 Å². The van der Waals surface area contributed by atoms with E-state index in [2.05, 4.69) is 20.8 Å². The Hall–Kier alpha value is -1.48. The van der Waals surface area contributed by atoms with E-state index in [1.165, 1.54) is 0 Å². The molecule has 0 saturated heterocycles. The van der Waals surface area contributed by atoms with Crippen LogP contribution in [0.15, 0.2) is 40.0 Å². The number of aliphatic imine (C=N–C) groups is 1. The van der Waals surface area contributed by atoms with Crippen molar-refractivity contribution in [3.8, 4) is 5.75 Å². The Morgan fingerprint density at radius 2 is 2.17 bits per heavy atom. The molecule has 0 fully saturated rings. The molecule has 2 N–H and O–H groups in total. The first-order chi connectivity index (χ1) is 10.7. The van der Waals surface area contributed by atoms with Crippen molar-refractivity contribution in [2.75, 3.05) is 20.7 Å². The maximum Gasteiger partial charge on any atom is 0.191 e. The maximum atomic E-state index is 6.21. The van der Waals surface area contributed by atoms with Crippen LogP contribution < -0.4 is 15.4 Å². The van der Waals surface area contributed by atoms with Crippen LogP contribution in [-0.4, -0.2) is 31.8 Å². The SMILES string of the molecule is CN=C(NCCc1ccc(OC)cc1Cl)NCc1ccon1.I. The van der Waals surface area contributed by atoms with E-state index in [4.69, 9.17) is 20.9 Å². The van der Waals surface area contributed by atoms with Gasteiger partial charge in [0.15, 0.2) is 5.96 Å². The number of hydrogen-bond acceptors (Lipinski definition) is 4. The van der Waals surface area contributed by atoms with E-state index in [-0.39, 0.29) is 24.0 Å². The second-order valence-corrected chi connectivity index (χ2v) is 4.96. The van der Waals surface area contributed by atoms with Crippen LogP contribution in [0.2, 0.25) is 5.02 Å². The number of methoxy groups -OCH3 is 1. The minimum absolute atomic E-state index is 0. The molecule has 1 aromatic heterocycles. The minimum atomic E-state index is 0. The second kappa shape index (κ2) is 10.3. The van der Waals surface area contributed by atoms with Crippen molar-refractivity contribution in [3.63, 3.8) is 0 Å². The first-order valence-corrected chi connectivity index (χ1v) is 7.27. The van der Waals surface area contributed by atoms with Crippen LogP contribution in [0.3, 0.4) is 0 Å². The molecule has 0 aliphatic rings. The van der Waals surface area contributed by atoms with Gasteiger partial charge in [-0.15, -0.1) is 24.0 Å². The van der Waals surface area contributed by atoms with E-state index in [0.717, 1.165) is 23.4 Å². The highest BCUT2D eigenvalue weighted by Gasteiger charge is 2.04. The molecule has 0 saturated carbocycles. The number of halogens is 2. The highest BCUT2D eigenvalue weighted by molar-refractivity contribution is 14.0. The van der Waals surface area contributed by atoms with E-state index < -0.39 is 0 Å². The average molecular weight is 451 g/mol. The standard InChI is InChI=1S/C15H19ClN4O2.HI/c1-17-15(19-10-12-6-8-22-20-12)18-7-5-11-3-4-13(21-2)9-14(11)16;/h3-4,6,8-9H,5,7,10H2,1-2H3,(H2,17,18,19);1H. The normalized spacial score (nSPS) is 10.8. The lowest BCUT2D eigenvalue weighted by molar-refractivity contribution is 0.410. The molecule has 0 aliphatic heterocycles. The van der Waals surface area contributed by atoms with Crippen LogP contribution in [0.1, 0.15) is 11.3 Å². The summed E-state index contributed by atoms with van der Waals surface area (Å²) in [4.78, 5) is 4.15. The van der Waals surface area contributed by atoms with E-state index in [1.807, 2.05) is 18.2 Å². The van der Waals surface area contributed by atoms with Crippen LogP contribution in [0.25, 0.3) is 0 Å². The number of aromatic nitrogens is 1. The third-order valence-corrected chi connectivity index (χ3v) is 3.45. The highest BCUT2D eigenvalue weighted by Crippen LogP contribution is 2.22. The van der Waals surface area contributed by atoms with Crippen molar-refractivity contribution in [3.05, 3.63) is 46.8 Å². The zero-order valence-corrected chi connectivity index (χ0v) is 16.1. The van der Waals surface area contributed by atoms with Gasteiger partial charge in [-0.25, -0.2) is 0 Å². The van der Waals surface area contributed by atoms with Crippen LogP contribution in [0.5, 0.6) is 5.75 Å². The van der Waals surface area contributed by atoms with E-state index in [0.29, 0.717) is 24.1 Å². The second-order valence-electron chi connectivity index (χ2n) is 4.55. The number of nitrogens with zero attached hydrogens (tertiary/aromatic N) is 2. The maximum absolute atomic E-state index is 6.21. The summed E-state index contributed by atoms with van der Waals surface area (Å²) in [5, 5.41) is 10.9. The van der Waals surface area contributed by atoms with Crippen molar-refractivity contribution in [2.45, 2.75) is 13.0 Å². The predicted molar refractivity (Wildman–Crippen MR) is 102 cm³/mol. The number of benzene rings is 1. The lowest BCUT2D eigenvalue weighted by Gasteiger charge is -2.11. The Morgan fingerprint density at radius 3 is 2.78 bits per heavy atom.